The van der Waals surface area contributed by atoms with Crippen molar-refractivity contribution in [2.24, 2.45) is 7.05 Å². The van der Waals surface area contributed by atoms with Gasteiger partial charge in [-0.2, -0.15) is 10.1 Å². The number of ether oxygens (including phenoxy) is 2. The highest BCUT2D eigenvalue weighted by molar-refractivity contribution is 6.38. The first-order valence-electron chi connectivity index (χ1n) is 11.0. The average molecular weight is 502 g/mol. The lowest BCUT2D eigenvalue weighted by Crippen LogP contribution is -2.47. The number of aliphatic hydroxyl groups is 1. The second-order valence-corrected chi connectivity index (χ2v) is 9.21. The van der Waals surface area contributed by atoms with Crippen molar-refractivity contribution >= 4 is 45.6 Å². The van der Waals surface area contributed by atoms with Crippen LogP contribution in [-0.2, 0) is 21.3 Å². The molecule has 0 saturated heterocycles. The largest absolute Gasteiger partial charge is 0.485 e. The minimum absolute atomic E-state index is 0.174. The fourth-order valence-corrected chi connectivity index (χ4v) is 3.86. The van der Waals surface area contributed by atoms with E-state index in [0.29, 0.717) is 34.7 Å². The molecule has 4 rings (SSSR count). The van der Waals surface area contributed by atoms with Crippen molar-refractivity contribution in [3.05, 3.63) is 47.1 Å². The molecule has 0 spiro atoms. The smallest absolute Gasteiger partial charge is 0.258 e. The summed E-state index contributed by atoms with van der Waals surface area (Å²) in [7, 11) is 3.36. The second kappa shape index (κ2) is 10.1. The Hall–Kier alpha value is -3.41. The number of methoxy groups -OCH3 is 1. The number of hydrogen-bond acceptors (Lipinski definition) is 8. The van der Waals surface area contributed by atoms with Gasteiger partial charge in [-0.3, -0.25) is 9.89 Å². The topological polar surface area (TPSA) is 139 Å². The summed E-state index contributed by atoms with van der Waals surface area (Å²) in [6.07, 6.45) is 5.35. The molecule has 4 N–H and O–H groups in total. The molecule has 2 heterocycles. The number of halogens is 1. The van der Waals surface area contributed by atoms with E-state index in [1.54, 1.807) is 45.0 Å². The van der Waals surface area contributed by atoms with Crippen molar-refractivity contribution < 1.29 is 19.4 Å². The average Bonchev–Trinajstić information content (AvgIpc) is 3.46. The van der Waals surface area contributed by atoms with Crippen LogP contribution >= 0.6 is 11.6 Å². The molecule has 0 fully saturated rings. The third-order valence-electron chi connectivity index (χ3n) is 5.55. The van der Waals surface area contributed by atoms with Gasteiger partial charge in [-0.05, 0) is 32.1 Å². The van der Waals surface area contributed by atoms with E-state index in [1.165, 1.54) is 0 Å². The van der Waals surface area contributed by atoms with Crippen LogP contribution in [0.2, 0.25) is 5.02 Å². The van der Waals surface area contributed by atoms with Crippen molar-refractivity contribution in [2.45, 2.75) is 31.9 Å². The summed E-state index contributed by atoms with van der Waals surface area (Å²) in [5, 5.41) is 28.0. The Labute approximate surface area is 207 Å². The number of fused-ring (bicyclic) bond motifs is 1. The standard InChI is InChI=1S/C23H28ClN7O4/c1-23(2,12-32)28-19(33)11-35-17-8-5-13(9-18(17)34-4)21-27-22(31(3)30-21)26-16-7-6-15-14(20(16)24)10-25-29-15/h5-8,10,18,32H,9,11-12H2,1-4H3,(H,25,29)(H,28,33)(H,26,27,30). The number of rotatable bonds is 9. The zero-order chi connectivity index (χ0) is 25.2. The van der Waals surface area contributed by atoms with E-state index in [0.717, 1.165) is 16.5 Å². The summed E-state index contributed by atoms with van der Waals surface area (Å²) in [6, 6.07) is 3.74. The lowest BCUT2D eigenvalue weighted by atomic mass is 10.0. The van der Waals surface area contributed by atoms with Crippen LogP contribution in [0.5, 0.6) is 0 Å². The van der Waals surface area contributed by atoms with Gasteiger partial charge in [-0.1, -0.05) is 17.7 Å². The summed E-state index contributed by atoms with van der Waals surface area (Å²) >= 11 is 6.52. The van der Waals surface area contributed by atoms with Crippen LogP contribution in [0.4, 0.5) is 11.6 Å². The second-order valence-electron chi connectivity index (χ2n) is 8.83. The number of nitrogens with one attached hydrogen (secondary N) is 3. The van der Waals surface area contributed by atoms with E-state index in [-0.39, 0.29) is 19.1 Å². The van der Waals surface area contributed by atoms with Crippen molar-refractivity contribution in [3.63, 3.8) is 0 Å². The number of carbonyl (C=O) groups is 1. The van der Waals surface area contributed by atoms with E-state index in [4.69, 9.17) is 21.1 Å². The molecule has 0 bridgehead atoms. The maximum Gasteiger partial charge on any atom is 0.258 e. The first-order chi connectivity index (χ1) is 16.7. The highest BCUT2D eigenvalue weighted by Crippen LogP contribution is 2.33. The van der Waals surface area contributed by atoms with Gasteiger partial charge in [0.25, 0.3) is 5.91 Å². The van der Waals surface area contributed by atoms with Gasteiger partial charge in [-0.15, -0.1) is 5.10 Å². The van der Waals surface area contributed by atoms with Gasteiger partial charge in [0.05, 0.1) is 34.6 Å². The molecule has 2 aromatic heterocycles. The Morgan fingerprint density at radius 3 is 2.91 bits per heavy atom. The Morgan fingerprint density at radius 1 is 1.37 bits per heavy atom. The summed E-state index contributed by atoms with van der Waals surface area (Å²) in [5.74, 6) is 1.26. The number of benzene rings is 1. The summed E-state index contributed by atoms with van der Waals surface area (Å²) in [5.41, 5.74) is 1.67. The minimum Gasteiger partial charge on any atom is -0.485 e. The lowest BCUT2D eigenvalue weighted by molar-refractivity contribution is -0.127. The van der Waals surface area contributed by atoms with E-state index in [1.807, 2.05) is 18.2 Å². The molecule has 3 aromatic rings. The first kappa shape index (κ1) is 24.7. The summed E-state index contributed by atoms with van der Waals surface area (Å²) < 4.78 is 12.9. The number of amides is 1. The van der Waals surface area contributed by atoms with Gasteiger partial charge < -0.3 is 25.2 Å². The maximum absolute atomic E-state index is 12.1. The Bertz CT molecular complexity index is 1290. The molecule has 0 radical (unpaired) electrons. The van der Waals surface area contributed by atoms with Crippen LogP contribution < -0.4 is 10.6 Å². The summed E-state index contributed by atoms with van der Waals surface area (Å²) in [6.45, 7) is 3.09. The van der Waals surface area contributed by atoms with Crippen LogP contribution in [0.15, 0.2) is 36.2 Å². The number of aromatic nitrogens is 5. The Balaban J connectivity index is 1.47. The Kier molecular flexibility index (Phi) is 7.10. The molecule has 1 aliphatic carbocycles. The third-order valence-corrected chi connectivity index (χ3v) is 5.96. The lowest BCUT2D eigenvalue weighted by Gasteiger charge is -2.25. The van der Waals surface area contributed by atoms with Crippen LogP contribution in [-0.4, -0.2) is 67.9 Å². The van der Waals surface area contributed by atoms with E-state index in [2.05, 4.69) is 30.9 Å². The third kappa shape index (κ3) is 5.47. The van der Waals surface area contributed by atoms with Crippen LogP contribution in [0.1, 0.15) is 26.1 Å². The number of aryl methyl sites for hydroxylation is 1. The number of aliphatic hydroxyl groups excluding tert-OH is 1. The van der Waals surface area contributed by atoms with Crippen molar-refractivity contribution in [1.29, 1.82) is 0 Å². The fraction of sp³-hybridized carbons (Fsp3) is 0.391. The van der Waals surface area contributed by atoms with E-state index in [9.17, 15) is 9.90 Å². The monoisotopic (exact) mass is 501 g/mol. The predicted molar refractivity (Wildman–Crippen MR) is 132 cm³/mol. The van der Waals surface area contributed by atoms with Crippen LogP contribution in [0.3, 0.4) is 0 Å². The molecule has 1 unspecified atom stereocenters. The molecule has 1 aliphatic rings. The molecule has 1 amide bonds. The molecule has 35 heavy (non-hydrogen) atoms. The summed E-state index contributed by atoms with van der Waals surface area (Å²) in [4.78, 5) is 16.8. The van der Waals surface area contributed by atoms with Crippen molar-refractivity contribution in [3.8, 4) is 0 Å². The molecule has 12 heteroatoms. The maximum atomic E-state index is 12.1. The number of allylic oxidation sites excluding steroid dienone is 2. The Morgan fingerprint density at radius 2 is 2.17 bits per heavy atom. The van der Waals surface area contributed by atoms with Gasteiger partial charge >= 0.3 is 0 Å². The number of carbonyl (C=O) groups excluding carboxylic acids is 1. The zero-order valence-electron chi connectivity index (χ0n) is 19.9. The highest BCUT2D eigenvalue weighted by Gasteiger charge is 2.26. The molecule has 186 valence electrons. The number of aromatic amines is 1. The van der Waals surface area contributed by atoms with Gasteiger partial charge in [0.1, 0.15) is 11.9 Å². The number of H-pyrrole nitrogens is 1. The molecule has 0 aliphatic heterocycles. The predicted octanol–water partition coefficient (Wildman–Crippen LogP) is 2.68. The number of anilines is 2. The van der Waals surface area contributed by atoms with Crippen LogP contribution in [0, 0.1) is 0 Å². The van der Waals surface area contributed by atoms with Gasteiger partial charge in [0.2, 0.25) is 5.95 Å². The number of hydrogen-bond donors (Lipinski definition) is 4. The molecule has 1 atom stereocenters. The normalized spacial score (nSPS) is 16.1. The van der Waals surface area contributed by atoms with Crippen LogP contribution in [0.25, 0.3) is 16.5 Å². The van der Waals surface area contributed by atoms with E-state index < -0.39 is 11.6 Å². The van der Waals surface area contributed by atoms with E-state index >= 15 is 0 Å². The van der Waals surface area contributed by atoms with Gasteiger partial charge in [0.15, 0.2) is 12.4 Å². The minimum atomic E-state index is -0.722. The molecular weight excluding hydrogens is 474 g/mol. The van der Waals surface area contributed by atoms with Gasteiger partial charge in [-0.25, -0.2) is 4.68 Å². The first-order valence-corrected chi connectivity index (χ1v) is 11.4. The quantitative estimate of drug-likeness (QED) is 0.351. The number of nitrogens with zero attached hydrogens (tertiary/aromatic N) is 4. The molecule has 1 aromatic carbocycles. The fourth-order valence-electron chi connectivity index (χ4n) is 3.60. The molecular formula is C23H28ClN7O4. The van der Waals surface area contributed by atoms with Crippen molar-refractivity contribution in [2.75, 3.05) is 25.6 Å². The SMILES string of the molecule is COC1CC(c2nc(Nc3ccc4[nH]ncc4c3Cl)n(C)n2)=CC=C1OCC(=O)NC(C)(C)CO. The molecule has 11 nitrogen and oxygen atoms in total. The van der Waals surface area contributed by atoms with Gasteiger partial charge in [0, 0.05) is 31.5 Å². The molecule has 0 saturated carbocycles. The van der Waals surface area contributed by atoms with Crippen molar-refractivity contribution in [1.82, 2.24) is 30.3 Å². The highest BCUT2D eigenvalue weighted by atomic mass is 35.5. The zero-order valence-corrected chi connectivity index (χ0v) is 20.7.